The zero-order valence-electron chi connectivity index (χ0n) is 9.98. The summed E-state index contributed by atoms with van der Waals surface area (Å²) in [5.74, 6) is 0. The van der Waals surface area contributed by atoms with Gasteiger partial charge in [0.1, 0.15) is 0 Å². The first-order valence-corrected chi connectivity index (χ1v) is 5.79. The van der Waals surface area contributed by atoms with Crippen molar-refractivity contribution in [3.05, 3.63) is 65.4 Å². The molecule has 2 heteroatoms. The maximum absolute atomic E-state index is 9.14. The molecule has 1 aromatic carbocycles. The molecule has 2 nitrogen and oxygen atoms in total. The molecule has 0 saturated carbocycles. The summed E-state index contributed by atoms with van der Waals surface area (Å²) >= 11 is 0. The number of aliphatic hydroxyl groups is 1. The molecule has 88 valence electrons. The van der Waals surface area contributed by atoms with Gasteiger partial charge in [-0.05, 0) is 41.3 Å². The Labute approximate surface area is 102 Å². The topological polar surface area (TPSA) is 32.3 Å². The SMILES string of the molecule is CNC1=CC=C(c2cccc(CO)c2)CC=C1. The van der Waals surface area contributed by atoms with Crippen LogP contribution in [0.25, 0.3) is 5.57 Å². The van der Waals surface area contributed by atoms with Crippen molar-refractivity contribution in [2.45, 2.75) is 13.0 Å². The van der Waals surface area contributed by atoms with Crippen molar-refractivity contribution in [3.8, 4) is 0 Å². The third-order valence-corrected chi connectivity index (χ3v) is 2.87. The fourth-order valence-corrected chi connectivity index (χ4v) is 1.88. The highest BCUT2D eigenvalue weighted by molar-refractivity contribution is 5.69. The molecule has 0 aliphatic heterocycles. The Morgan fingerprint density at radius 3 is 2.94 bits per heavy atom. The van der Waals surface area contributed by atoms with Gasteiger partial charge in [0.05, 0.1) is 6.61 Å². The van der Waals surface area contributed by atoms with Crippen LogP contribution in [0, 0.1) is 0 Å². The molecule has 0 aromatic heterocycles. The highest BCUT2D eigenvalue weighted by Gasteiger charge is 2.03. The lowest BCUT2D eigenvalue weighted by Gasteiger charge is -2.05. The molecular weight excluding hydrogens is 210 g/mol. The van der Waals surface area contributed by atoms with Gasteiger partial charge in [-0.25, -0.2) is 0 Å². The van der Waals surface area contributed by atoms with Crippen LogP contribution in [0.2, 0.25) is 0 Å². The van der Waals surface area contributed by atoms with Crippen LogP contribution in [0.3, 0.4) is 0 Å². The first-order valence-electron chi connectivity index (χ1n) is 5.79. The largest absolute Gasteiger partial charge is 0.392 e. The van der Waals surface area contributed by atoms with Crippen LogP contribution < -0.4 is 5.32 Å². The molecule has 0 radical (unpaired) electrons. The fraction of sp³-hybridized carbons (Fsp3) is 0.200. The van der Waals surface area contributed by atoms with Gasteiger partial charge in [-0.3, -0.25) is 0 Å². The second-order valence-electron chi connectivity index (χ2n) is 4.03. The van der Waals surface area contributed by atoms with Gasteiger partial charge >= 0.3 is 0 Å². The lowest BCUT2D eigenvalue weighted by molar-refractivity contribution is 0.282. The number of likely N-dealkylation sites (N-methyl/N-ethyl adjacent to an activating group) is 1. The Morgan fingerprint density at radius 2 is 2.18 bits per heavy atom. The first kappa shape index (κ1) is 11.7. The van der Waals surface area contributed by atoms with E-state index in [0.717, 1.165) is 17.7 Å². The minimum Gasteiger partial charge on any atom is -0.392 e. The zero-order chi connectivity index (χ0) is 12.1. The van der Waals surface area contributed by atoms with Crippen molar-refractivity contribution in [1.29, 1.82) is 0 Å². The number of nitrogens with one attached hydrogen (secondary N) is 1. The summed E-state index contributed by atoms with van der Waals surface area (Å²) in [6.45, 7) is 0.0918. The molecule has 17 heavy (non-hydrogen) atoms. The summed E-state index contributed by atoms with van der Waals surface area (Å²) in [7, 11) is 1.92. The molecule has 2 rings (SSSR count). The van der Waals surface area contributed by atoms with Crippen LogP contribution in [-0.2, 0) is 6.61 Å². The Balaban J connectivity index is 2.31. The Bertz CT molecular complexity index is 483. The molecule has 0 amide bonds. The second kappa shape index (κ2) is 5.51. The smallest absolute Gasteiger partial charge is 0.0682 e. The van der Waals surface area contributed by atoms with E-state index in [2.05, 4.69) is 35.7 Å². The zero-order valence-corrected chi connectivity index (χ0v) is 9.98. The molecular formula is C15H17NO. The molecule has 1 aromatic rings. The normalized spacial score (nSPS) is 14.9. The minimum atomic E-state index is 0.0918. The maximum Gasteiger partial charge on any atom is 0.0682 e. The van der Waals surface area contributed by atoms with Crippen LogP contribution >= 0.6 is 0 Å². The summed E-state index contributed by atoms with van der Waals surface area (Å²) in [6, 6.07) is 8.04. The second-order valence-corrected chi connectivity index (χ2v) is 4.03. The molecule has 0 saturated heterocycles. The highest BCUT2D eigenvalue weighted by Crippen LogP contribution is 2.22. The molecule has 1 aliphatic carbocycles. The van der Waals surface area contributed by atoms with E-state index >= 15 is 0 Å². The predicted molar refractivity (Wildman–Crippen MR) is 71.2 cm³/mol. The summed E-state index contributed by atoms with van der Waals surface area (Å²) in [6.07, 6.45) is 9.34. The van der Waals surface area contributed by atoms with Gasteiger partial charge in [-0.2, -0.15) is 0 Å². The molecule has 0 atom stereocenters. The van der Waals surface area contributed by atoms with E-state index < -0.39 is 0 Å². The van der Waals surface area contributed by atoms with Gasteiger partial charge in [-0.1, -0.05) is 30.4 Å². The van der Waals surface area contributed by atoms with Crippen LogP contribution in [0.5, 0.6) is 0 Å². The average molecular weight is 227 g/mol. The molecule has 1 aliphatic rings. The third-order valence-electron chi connectivity index (χ3n) is 2.87. The Morgan fingerprint density at radius 1 is 1.29 bits per heavy atom. The van der Waals surface area contributed by atoms with E-state index in [1.54, 1.807) is 0 Å². The quantitative estimate of drug-likeness (QED) is 0.832. The Hall–Kier alpha value is -1.80. The number of aliphatic hydroxyl groups excluding tert-OH is 1. The molecule has 0 bridgehead atoms. The van der Waals surface area contributed by atoms with Gasteiger partial charge in [0.2, 0.25) is 0 Å². The summed E-state index contributed by atoms with van der Waals surface area (Å²) in [5, 5.41) is 12.3. The van der Waals surface area contributed by atoms with Gasteiger partial charge in [0.25, 0.3) is 0 Å². The van der Waals surface area contributed by atoms with Gasteiger partial charge in [0, 0.05) is 12.7 Å². The fourth-order valence-electron chi connectivity index (χ4n) is 1.88. The number of benzene rings is 1. The van der Waals surface area contributed by atoms with Gasteiger partial charge < -0.3 is 10.4 Å². The van der Waals surface area contributed by atoms with Crippen molar-refractivity contribution in [2.75, 3.05) is 7.05 Å². The van der Waals surface area contributed by atoms with Crippen LogP contribution in [-0.4, -0.2) is 12.2 Å². The lowest BCUT2D eigenvalue weighted by Crippen LogP contribution is -2.01. The summed E-state index contributed by atoms with van der Waals surface area (Å²) in [4.78, 5) is 0. The molecule has 0 fully saturated rings. The van der Waals surface area contributed by atoms with Crippen LogP contribution in [0.15, 0.2) is 54.3 Å². The van der Waals surface area contributed by atoms with Crippen molar-refractivity contribution in [3.63, 3.8) is 0 Å². The highest BCUT2D eigenvalue weighted by atomic mass is 16.3. The monoisotopic (exact) mass is 227 g/mol. The van der Waals surface area contributed by atoms with E-state index in [4.69, 9.17) is 5.11 Å². The average Bonchev–Trinajstić information content (AvgIpc) is 2.64. The van der Waals surface area contributed by atoms with Crippen molar-refractivity contribution >= 4 is 5.57 Å². The number of rotatable bonds is 3. The molecule has 2 N–H and O–H groups in total. The van der Waals surface area contributed by atoms with E-state index in [1.807, 2.05) is 25.2 Å². The summed E-state index contributed by atoms with van der Waals surface area (Å²) in [5.41, 5.74) is 4.50. The third kappa shape index (κ3) is 2.86. The number of hydrogen-bond donors (Lipinski definition) is 2. The lowest BCUT2D eigenvalue weighted by atomic mass is 10.0. The molecule has 0 unspecified atom stereocenters. The van der Waals surface area contributed by atoms with Crippen molar-refractivity contribution in [1.82, 2.24) is 5.32 Å². The first-order chi connectivity index (χ1) is 8.33. The van der Waals surface area contributed by atoms with Crippen molar-refractivity contribution < 1.29 is 5.11 Å². The van der Waals surface area contributed by atoms with E-state index in [0.29, 0.717) is 0 Å². The van der Waals surface area contributed by atoms with Crippen LogP contribution in [0.4, 0.5) is 0 Å². The van der Waals surface area contributed by atoms with Crippen LogP contribution in [0.1, 0.15) is 17.5 Å². The molecule has 0 heterocycles. The Kier molecular flexibility index (Phi) is 3.78. The van der Waals surface area contributed by atoms with Gasteiger partial charge in [0.15, 0.2) is 0 Å². The molecule has 0 spiro atoms. The maximum atomic E-state index is 9.14. The van der Waals surface area contributed by atoms with E-state index in [1.165, 1.54) is 11.1 Å². The number of hydrogen-bond acceptors (Lipinski definition) is 2. The number of allylic oxidation sites excluding steroid dienone is 5. The van der Waals surface area contributed by atoms with E-state index in [9.17, 15) is 0 Å². The standard InChI is InChI=1S/C15H17NO/c1-16-15-7-3-5-13(8-9-15)14-6-2-4-12(10-14)11-17/h2-4,6-10,16-17H,5,11H2,1H3. The van der Waals surface area contributed by atoms with Crippen molar-refractivity contribution in [2.24, 2.45) is 0 Å². The minimum absolute atomic E-state index is 0.0918. The van der Waals surface area contributed by atoms with E-state index in [-0.39, 0.29) is 6.61 Å². The predicted octanol–water partition coefficient (Wildman–Crippen LogP) is 2.63. The van der Waals surface area contributed by atoms with Gasteiger partial charge in [-0.15, -0.1) is 0 Å². The summed E-state index contributed by atoms with van der Waals surface area (Å²) < 4.78 is 0.